The lowest BCUT2D eigenvalue weighted by Gasteiger charge is -1.91. The van der Waals surface area contributed by atoms with E-state index in [2.05, 4.69) is 15.9 Å². The Labute approximate surface area is 91.5 Å². The molecular formula is C11H8N2OS. The molecule has 3 nitrogen and oxygen atoms in total. The van der Waals surface area contributed by atoms with E-state index in [1.165, 1.54) is 11.3 Å². The third-order valence-corrected chi connectivity index (χ3v) is 2.99. The van der Waals surface area contributed by atoms with Gasteiger partial charge in [0, 0.05) is 18.0 Å². The zero-order valence-corrected chi connectivity index (χ0v) is 8.66. The van der Waals surface area contributed by atoms with Gasteiger partial charge in [-0.2, -0.15) is 0 Å². The number of aliphatic hydroxyl groups excluding tert-OH is 1. The number of aliphatic hydroxyl groups is 1. The van der Waals surface area contributed by atoms with Crippen LogP contribution in [0.5, 0.6) is 0 Å². The van der Waals surface area contributed by atoms with Crippen molar-refractivity contribution in [3.8, 4) is 22.9 Å². The van der Waals surface area contributed by atoms with Gasteiger partial charge in [0.1, 0.15) is 10.7 Å². The van der Waals surface area contributed by atoms with Crippen LogP contribution < -0.4 is 0 Å². The fourth-order valence-corrected chi connectivity index (χ4v) is 2.08. The highest BCUT2D eigenvalue weighted by Crippen LogP contribution is 2.27. The highest BCUT2D eigenvalue weighted by molar-refractivity contribution is 7.15. The maximum atomic E-state index is 9.07. The van der Waals surface area contributed by atoms with Gasteiger partial charge in [-0.25, -0.2) is 4.98 Å². The van der Waals surface area contributed by atoms with Crippen molar-refractivity contribution >= 4 is 11.3 Å². The molecule has 0 aliphatic rings. The van der Waals surface area contributed by atoms with Crippen molar-refractivity contribution < 1.29 is 5.11 Å². The van der Waals surface area contributed by atoms with E-state index in [1.54, 1.807) is 12.4 Å². The average Bonchev–Trinajstić information content (AvgIpc) is 2.73. The Balaban J connectivity index is 2.48. The Bertz CT molecular complexity index is 499. The second-order valence-electron chi connectivity index (χ2n) is 2.83. The monoisotopic (exact) mass is 216 g/mol. The van der Waals surface area contributed by atoms with Gasteiger partial charge in [0.2, 0.25) is 0 Å². The molecule has 0 radical (unpaired) electrons. The zero-order valence-electron chi connectivity index (χ0n) is 7.84. The molecule has 0 atom stereocenters. The highest BCUT2D eigenvalue weighted by atomic mass is 32.1. The van der Waals surface area contributed by atoms with Gasteiger partial charge in [0.25, 0.3) is 0 Å². The van der Waals surface area contributed by atoms with Crippen LogP contribution in [0, 0.1) is 12.3 Å². The van der Waals surface area contributed by atoms with Crippen LogP contribution in [0.1, 0.15) is 10.6 Å². The molecule has 0 spiro atoms. The molecule has 0 bridgehead atoms. The number of nitrogens with zero attached hydrogens (tertiary/aromatic N) is 2. The number of hydrogen-bond acceptors (Lipinski definition) is 4. The molecule has 2 heterocycles. The van der Waals surface area contributed by atoms with Crippen LogP contribution in [-0.2, 0) is 6.61 Å². The summed E-state index contributed by atoms with van der Waals surface area (Å²) in [6.45, 7) is -0.0672. The van der Waals surface area contributed by atoms with Crippen molar-refractivity contribution in [1.29, 1.82) is 0 Å². The molecule has 0 saturated heterocycles. The van der Waals surface area contributed by atoms with Crippen molar-refractivity contribution in [3.05, 3.63) is 35.1 Å². The third-order valence-electron chi connectivity index (χ3n) is 1.90. The smallest absolute Gasteiger partial charge is 0.130 e. The summed E-state index contributed by atoms with van der Waals surface area (Å²) in [5, 5.41) is 9.89. The maximum Gasteiger partial charge on any atom is 0.130 e. The first-order valence-electron chi connectivity index (χ1n) is 4.32. The number of terminal acetylenes is 1. The topological polar surface area (TPSA) is 46.0 Å². The van der Waals surface area contributed by atoms with Crippen molar-refractivity contribution in [2.24, 2.45) is 0 Å². The first-order chi connectivity index (χ1) is 7.35. The highest BCUT2D eigenvalue weighted by Gasteiger charge is 2.09. The molecule has 2 aromatic heterocycles. The minimum absolute atomic E-state index is 0.0672. The Kier molecular flexibility index (Phi) is 2.77. The van der Waals surface area contributed by atoms with E-state index in [1.807, 2.05) is 12.1 Å². The van der Waals surface area contributed by atoms with E-state index in [-0.39, 0.29) is 6.61 Å². The number of thiazole rings is 1. The summed E-state index contributed by atoms with van der Waals surface area (Å²) >= 11 is 1.41. The number of pyridine rings is 1. The van der Waals surface area contributed by atoms with Crippen LogP contribution in [0.3, 0.4) is 0 Å². The van der Waals surface area contributed by atoms with Crippen LogP contribution in [0.25, 0.3) is 10.6 Å². The number of rotatable bonds is 2. The Hall–Kier alpha value is -1.70. The molecule has 74 valence electrons. The van der Waals surface area contributed by atoms with Gasteiger partial charge in [0.05, 0.1) is 11.5 Å². The number of aromatic nitrogens is 2. The molecule has 0 saturated carbocycles. The molecule has 1 N–H and O–H groups in total. The summed E-state index contributed by atoms with van der Waals surface area (Å²) in [5.74, 6) is 2.46. The van der Waals surface area contributed by atoms with Crippen LogP contribution in [0.2, 0.25) is 0 Å². The number of hydrogen-bond donors (Lipinski definition) is 1. The van der Waals surface area contributed by atoms with E-state index >= 15 is 0 Å². The lowest BCUT2D eigenvalue weighted by atomic mass is 10.3. The minimum Gasteiger partial charge on any atom is -0.391 e. The van der Waals surface area contributed by atoms with Crippen LogP contribution in [0.4, 0.5) is 0 Å². The van der Waals surface area contributed by atoms with Crippen LogP contribution in [0.15, 0.2) is 24.5 Å². The molecule has 0 aromatic carbocycles. The quantitative estimate of drug-likeness (QED) is 0.777. The SMILES string of the molecule is C#Cc1nc(-c2ccncc2)sc1CO. The lowest BCUT2D eigenvalue weighted by molar-refractivity contribution is 0.285. The summed E-state index contributed by atoms with van der Waals surface area (Å²) < 4.78 is 0. The minimum atomic E-state index is -0.0672. The van der Waals surface area contributed by atoms with E-state index < -0.39 is 0 Å². The van der Waals surface area contributed by atoms with E-state index in [9.17, 15) is 0 Å². The van der Waals surface area contributed by atoms with E-state index in [4.69, 9.17) is 11.5 Å². The average molecular weight is 216 g/mol. The summed E-state index contributed by atoms with van der Waals surface area (Å²) in [6.07, 6.45) is 8.69. The summed E-state index contributed by atoms with van der Waals surface area (Å²) in [4.78, 5) is 8.92. The van der Waals surface area contributed by atoms with Gasteiger partial charge in [-0.3, -0.25) is 4.98 Å². The summed E-state index contributed by atoms with van der Waals surface area (Å²) in [5.41, 5.74) is 1.49. The fourth-order valence-electron chi connectivity index (χ4n) is 1.19. The first-order valence-corrected chi connectivity index (χ1v) is 5.14. The van der Waals surface area contributed by atoms with Gasteiger partial charge >= 0.3 is 0 Å². The molecule has 2 aromatic rings. The van der Waals surface area contributed by atoms with Gasteiger partial charge < -0.3 is 5.11 Å². The molecular weight excluding hydrogens is 208 g/mol. The van der Waals surface area contributed by atoms with E-state index in [0.717, 1.165) is 15.4 Å². The predicted molar refractivity (Wildman–Crippen MR) is 59.2 cm³/mol. The Morgan fingerprint density at radius 3 is 2.67 bits per heavy atom. The van der Waals surface area contributed by atoms with Gasteiger partial charge in [0.15, 0.2) is 0 Å². The summed E-state index contributed by atoms with van der Waals surface area (Å²) in [7, 11) is 0. The van der Waals surface area contributed by atoms with Crippen LogP contribution in [-0.4, -0.2) is 15.1 Å². The molecule has 2 rings (SSSR count). The van der Waals surface area contributed by atoms with Crippen molar-refractivity contribution in [1.82, 2.24) is 9.97 Å². The second-order valence-corrected chi connectivity index (χ2v) is 3.91. The van der Waals surface area contributed by atoms with Gasteiger partial charge in [-0.15, -0.1) is 17.8 Å². The predicted octanol–water partition coefficient (Wildman–Crippen LogP) is 1.68. The van der Waals surface area contributed by atoms with Gasteiger partial charge in [-0.1, -0.05) is 0 Å². The normalized spacial score (nSPS) is 9.87. The summed E-state index contributed by atoms with van der Waals surface area (Å²) in [6, 6.07) is 3.72. The van der Waals surface area contributed by atoms with Crippen molar-refractivity contribution in [2.75, 3.05) is 0 Å². The molecule has 0 aliphatic heterocycles. The Morgan fingerprint density at radius 2 is 2.13 bits per heavy atom. The standard InChI is InChI=1S/C11H8N2OS/c1-2-9-10(7-14)15-11(13-9)8-3-5-12-6-4-8/h1,3-6,14H,7H2. The fraction of sp³-hybridized carbons (Fsp3) is 0.0909. The molecule has 0 unspecified atom stereocenters. The molecule has 4 heteroatoms. The molecule has 0 aliphatic carbocycles. The van der Waals surface area contributed by atoms with Crippen molar-refractivity contribution in [2.45, 2.75) is 6.61 Å². The van der Waals surface area contributed by atoms with Crippen LogP contribution >= 0.6 is 11.3 Å². The van der Waals surface area contributed by atoms with Crippen molar-refractivity contribution in [3.63, 3.8) is 0 Å². The second kappa shape index (κ2) is 4.22. The molecule has 0 fully saturated rings. The lowest BCUT2D eigenvalue weighted by Crippen LogP contribution is -1.82. The van der Waals surface area contributed by atoms with E-state index in [0.29, 0.717) is 5.69 Å². The largest absolute Gasteiger partial charge is 0.391 e. The van der Waals surface area contributed by atoms with Gasteiger partial charge in [-0.05, 0) is 18.1 Å². The Morgan fingerprint density at radius 1 is 1.40 bits per heavy atom. The first kappa shape index (κ1) is 9.84. The maximum absolute atomic E-state index is 9.07. The third kappa shape index (κ3) is 1.89. The molecule has 0 amide bonds. The molecule has 15 heavy (non-hydrogen) atoms. The zero-order chi connectivity index (χ0) is 10.7.